The van der Waals surface area contributed by atoms with Crippen molar-refractivity contribution in [2.75, 3.05) is 0 Å². The summed E-state index contributed by atoms with van der Waals surface area (Å²) in [5.41, 5.74) is 1.51. The molecule has 154 valence electrons. The summed E-state index contributed by atoms with van der Waals surface area (Å²) in [5.74, 6) is -2.92. The van der Waals surface area contributed by atoms with Crippen LogP contribution in [0.1, 0.15) is 35.7 Å². The smallest absolute Gasteiger partial charge is 0.272 e. The summed E-state index contributed by atoms with van der Waals surface area (Å²) >= 11 is 5.92. The molecule has 2 aromatic rings. The second kappa shape index (κ2) is 8.03. The van der Waals surface area contributed by atoms with E-state index in [9.17, 15) is 18.8 Å². The first-order valence-electron chi connectivity index (χ1n) is 9.71. The van der Waals surface area contributed by atoms with Gasteiger partial charge in [-0.05, 0) is 50.1 Å². The highest BCUT2D eigenvalue weighted by Crippen LogP contribution is 2.39. The van der Waals surface area contributed by atoms with E-state index in [1.165, 1.54) is 24.3 Å². The lowest BCUT2D eigenvalue weighted by Crippen LogP contribution is -2.50. The highest BCUT2D eigenvalue weighted by molar-refractivity contribution is 6.30. The van der Waals surface area contributed by atoms with Crippen molar-refractivity contribution in [3.05, 3.63) is 82.1 Å². The molecule has 1 heterocycles. The Morgan fingerprint density at radius 1 is 1.10 bits per heavy atom. The third-order valence-electron chi connectivity index (χ3n) is 5.64. The van der Waals surface area contributed by atoms with Gasteiger partial charge < -0.3 is 0 Å². The Kier molecular flexibility index (Phi) is 5.43. The molecule has 1 saturated heterocycles. The van der Waals surface area contributed by atoms with Gasteiger partial charge in [0.05, 0.1) is 18.4 Å². The van der Waals surface area contributed by atoms with Gasteiger partial charge in [0.2, 0.25) is 0 Å². The van der Waals surface area contributed by atoms with Crippen molar-refractivity contribution in [3.63, 3.8) is 0 Å². The van der Waals surface area contributed by atoms with Crippen LogP contribution in [0.5, 0.6) is 0 Å². The molecule has 0 N–H and O–H groups in total. The Balaban J connectivity index is 1.72. The van der Waals surface area contributed by atoms with Gasteiger partial charge in [-0.2, -0.15) is 5.01 Å². The molecule has 2 atom stereocenters. The topological polar surface area (TPSA) is 57.7 Å². The molecule has 0 aromatic heterocycles. The average molecular weight is 427 g/mol. The van der Waals surface area contributed by atoms with E-state index < -0.39 is 35.4 Å². The van der Waals surface area contributed by atoms with E-state index in [0.717, 1.165) is 15.6 Å². The van der Waals surface area contributed by atoms with Crippen molar-refractivity contribution in [2.45, 2.75) is 26.3 Å². The first-order valence-corrected chi connectivity index (χ1v) is 10.1. The number of allylic oxidation sites excluding steroid dienone is 2. The zero-order valence-electron chi connectivity index (χ0n) is 16.3. The van der Waals surface area contributed by atoms with Gasteiger partial charge in [0.1, 0.15) is 5.82 Å². The fourth-order valence-corrected chi connectivity index (χ4v) is 4.15. The van der Waals surface area contributed by atoms with Gasteiger partial charge in [-0.3, -0.25) is 14.4 Å². The lowest BCUT2D eigenvalue weighted by molar-refractivity contribution is -0.155. The van der Waals surface area contributed by atoms with Crippen LogP contribution in [0.3, 0.4) is 0 Å². The van der Waals surface area contributed by atoms with Gasteiger partial charge in [-0.25, -0.2) is 9.40 Å². The van der Waals surface area contributed by atoms with E-state index in [4.69, 9.17) is 11.6 Å². The van der Waals surface area contributed by atoms with Crippen LogP contribution in [0.15, 0.2) is 60.2 Å². The molecule has 0 bridgehead atoms. The van der Waals surface area contributed by atoms with Crippen molar-refractivity contribution in [1.29, 1.82) is 0 Å². The number of fused-ring (bicyclic) bond motifs is 1. The predicted molar refractivity (Wildman–Crippen MR) is 110 cm³/mol. The van der Waals surface area contributed by atoms with Crippen molar-refractivity contribution in [2.24, 2.45) is 11.8 Å². The molecular weight excluding hydrogens is 407 g/mol. The van der Waals surface area contributed by atoms with E-state index in [1.807, 2.05) is 13.0 Å². The molecule has 7 heteroatoms. The molecule has 0 unspecified atom stereocenters. The number of carbonyl (C=O) groups excluding carboxylic acids is 3. The molecule has 1 aliphatic carbocycles. The molecular formula is C23H20ClFN2O3. The zero-order chi connectivity index (χ0) is 21.4. The minimum atomic E-state index is -0.569. The second-order valence-electron chi connectivity index (χ2n) is 7.65. The standard InChI is InChI=1S/C23H20ClFN2O3/c1-14-6-11-18-19(12-14)23(30)27(22(18)29)26(13-16-4-2-3-5-20(16)25)21(28)15-7-9-17(24)10-8-15/h2-10,18-19H,11-13H2,1H3/t18-,19-/m0/s1. The van der Waals surface area contributed by atoms with Crippen molar-refractivity contribution in [1.82, 2.24) is 10.0 Å². The van der Waals surface area contributed by atoms with Crippen LogP contribution in [0.2, 0.25) is 5.02 Å². The number of hydrazine groups is 1. The number of halogens is 2. The van der Waals surface area contributed by atoms with Crippen LogP contribution < -0.4 is 0 Å². The summed E-state index contributed by atoms with van der Waals surface area (Å²) in [6.07, 6.45) is 2.90. The third-order valence-corrected chi connectivity index (χ3v) is 5.90. The molecule has 5 nitrogen and oxygen atoms in total. The minimum absolute atomic E-state index is 0.213. The van der Waals surface area contributed by atoms with E-state index in [0.29, 0.717) is 17.9 Å². The summed E-state index contributed by atoms with van der Waals surface area (Å²) < 4.78 is 14.3. The Hall–Kier alpha value is -2.99. The molecule has 30 heavy (non-hydrogen) atoms. The predicted octanol–water partition coefficient (Wildman–Crippen LogP) is 4.38. The number of amides is 3. The van der Waals surface area contributed by atoms with Crippen LogP contribution in [-0.4, -0.2) is 27.7 Å². The Morgan fingerprint density at radius 3 is 2.47 bits per heavy atom. The fourth-order valence-electron chi connectivity index (χ4n) is 4.02. The Morgan fingerprint density at radius 2 is 1.77 bits per heavy atom. The fraction of sp³-hybridized carbons (Fsp3) is 0.261. The van der Waals surface area contributed by atoms with Gasteiger partial charge in [0, 0.05) is 16.1 Å². The van der Waals surface area contributed by atoms with Gasteiger partial charge in [0.15, 0.2) is 0 Å². The molecule has 3 amide bonds. The molecule has 0 saturated carbocycles. The second-order valence-corrected chi connectivity index (χ2v) is 8.09. The third kappa shape index (κ3) is 3.63. The molecule has 0 radical (unpaired) electrons. The molecule has 2 aromatic carbocycles. The van der Waals surface area contributed by atoms with E-state index in [-0.39, 0.29) is 17.7 Å². The summed E-state index contributed by atoms with van der Waals surface area (Å²) in [5, 5.41) is 2.43. The van der Waals surface area contributed by atoms with E-state index >= 15 is 0 Å². The molecule has 1 fully saturated rings. The molecule has 4 rings (SSSR count). The quantitative estimate of drug-likeness (QED) is 0.538. The van der Waals surface area contributed by atoms with Gasteiger partial charge in [0.25, 0.3) is 17.7 Å². The lowest BCUT2D eigenvalue weighted by Gasteiger charge is -2.30. The van der Waals surface area contributed by atoms with Crippen LogP contribution in [0.4, 0.5) is 4.39 Å². The van der Waals surface area contributed by atoms with Crippen LogP contribution in [0, 0.1) is 17.7 Å². The SMILES string of the molecule is CC1=CC[C@@H]2C(=O)N(N(Cc3ccccc3F)C(=O)c3ccc(Cl)cc3)C(=O)[C@H]2C1. The lowest BCUT2D eigenvalue weighted by atomic mass is 9.82. The minimum Gasteiger partial charge on any atom is -0.272 e. The molecule has 1 aliphatic heterocycles. The monoisotopic (exact) mass is 426 g/mol. The summed E-state index contributed by atoms with van der Waals surface area (Å²) in [7, 11) is 0. The number of rotatable bonds is 4. The van der Waals surface area contributed by atoms with E-state index in [1.54, 1.807) is 24.3 Å². The largest absolute Gasteiger partial charge is 0.273 e. The maximum absolute atomic E-state index is 14.3. The highest BCUT2D eigenvalue weighted by atomic mass is 35.5. The van der Waals surface area contributed by atoms with Gasteiger partial charge >= 0.3 is 0 Å². The summed E-state index contributed by atoms with van der Waals surface area (Å²) in [6.45, 7) is 1.68. The maximum atomic E-state index is 14.3. The molecule has 2 aliphatic rings. The number of nitrogens with zero attached hydrogens (tertiary/aromatic N) is 2. The van der Waals surface area contributed by atoms with Gasteiger partial charge in [-0.15, -0.1) is 0 Å². The number of carbonyl (C=O) groups is 3. The average Bonchev–Trinajstić information content (AvgIpc) is 2.97. The first-order chi connectivity index (χ1) is 14.4. The Labute approximate surface area is 178 Å². The van der Waals surface area contributed by atoms with Crippen molar-refractivity contribution < 1.29 is 18.8 Å². The van der Waals surface area contributed by atoms with Crippen LogP contribution >= 0.6 is 11.6 Å². The van der Waals surface area contributed by atoms with Crippen LogP contribution in [-0.2, 0) is 16.1 Å². The molecule has 0 spiro atoms. The maximum Gasteiger partial charge on any atom is 0.273 e. The number of imide groups is 1. The van der Waals surface area contributed by atoms with E-state index in [2.05, 4.69) is 0 Å². The highest BCUT2D eigenvalue weighted by Gasteiger charge is 2.51. The number of hydrogen-bond acceptors (Lipinski definition) is 3. The van der Waals surface area contributed by atoms with Crippen LogP contribution in [0.25, 0.3) is 0 Å². The van der Waals surface area contributed by atoms with Crippen molar-refractivity contribution >= 4 is 29.3 Å². The Bertz CT molecular complexity index is 1050. The first kappa shape index (κ1) is 20.3. The zero-order valence-corrected chi connectivity index (χ0v) is 17.1. The van der Waals surface area contributed by atoms with Crippen molar-refractivity contribution in [3.8, 4) is 0 Å². The summed E-state index contributed by atoms with van der Waals surface area (Å²) in [4.78, 5) is 39.6. The summed E-state index contributed by atoms with van der Waals surface area (Å²) in [6, 6.07) is 12.1. The number of benzene rings is 2. The normalized spacial score (nSPS) is 20.8. The van der Waals surface area contributed by atoms with Gasteiger partial charge in [-0.1, -0.05) is 41.4 Å². The number of hydrogen-bond donors (Lipinski definition) is 0.